The van der Waals surface area contributed by atoms with Gasteiger partial charge in [-0.2, -0.15) is 0 Å². The second-order valence-corrected chi connectivity index (χ2v) is 3.74. The van der Waals surface area contributed by atoms with Crippen molar-refractivity contribution >= 4 is 16.7 Å². The summed E-state index contributed by atoms with van der Waals surface area (Å²) >= 11 is 0. The highest BCUT2D eigenvalue weighted by atomic mass is 16.6. The van der Waals surface area contributed by atoms with Gasteiger partial charge in [0.15, 0.2) is 6.61 Å². The van der Waals surface area contributed by atoms with Gasteiger partial charge in [-0.1, -0.05) is 12.1 Å². The summed E-state index contributed by atoms with van der Waals surface area (Å²) in [5, 5.41) is 2.08. The molecular weight excluding hydrogens is 232 g/mol. The van der Waals surface area contributed by atoms with Crippen LogP contribution in [0.5, 0.6) is 11.5 Å². The highest BCUT2D eigenvalue weighted by Crippen LogP contribution is 2.24. The molecule has 0 fully saturated rings. The van der Waals surface area contributed by atoms with E-state index in [9.17, 15) is 4.79 Å². The predicted molar refractivity (Wildman–Crippen MR) is 68.0 cm³/mol. The molecule has 0 saturated heterocycles. The topological polar surface area (TPSA) is 44.8 Å². The van der Waals surface area contributed by atoms with Gasteiger partial charge in [0.1, 0.15) is 11.5 Å². The normalized spacial score (nSPS) is 10.1. The third-order valence-electron chi connectivity index (χ3n) is 2.60. The van der Waals surface area contributed by atoms with Gasteiger partial charge in [0.05, 0.1) is 14.2 Å². The van der Waals surface area contributed by atoms with Crippen molar-refractivity contribution in [3.05, 3.63) is 36.4 Å². The molecule has 0 bridgehead atoms. The van der Waals surface area contributed by atoms with Gasteiger partial charge in [-0.25, -0.2) is 4.79 Å². The summed E-state index contributed by atoms with van der Waals surface area (Å²) in [6.07, 6.45) is 0. The Bertz CT molecular complexity index is 563. The number of carbonyl (C=O) groups excluding carboxylic acids is 1. The first-order valence-corrected chi connectivity index (χ1v) is 5.50. The van der Waals surface area contributed by atoms with E-state index in [0.29, 0.717) is 5.75 Å². The lowest BCUT2D eigenvalue weighted by Crippen LogP contribution is -2.12. The van der Waals surface area contributed by atoms with Gasteiger partial charge < -0.3 is 14.2 Å². The van der Waals surface area contributed by atoms with Crippen LogP contribution in [0.25, 0.3) is 10.8 Å². The van der Waals surface area contributed by atoms with Gasteiger partial charge in [-0.15, -0.1) is 0 Å². The molecule has 0 aromatic heterocycles. The number of hydrogen-bond acceptors (Lipinski definition) is 4. The van der Waals surface area contributed by atoms with Crippen molar-refractivity contribution in [2.75, 3.05) is 20.8 Å². The van der Waals surface area contributed by atoms with E-state index in [1.165, 1.54) is 7.11 Å². The molecule has 0 N–H and O–H groups in total. The third kappa shape index (κ3) is 2.71. The van der Waals surface area contributed by atoms with E-state index in [1.54, 1.807) is 7.11 Å². The van der Waals surface area contributed by atoms with Crippen LogP contribution in [-0.4, -0.2) is 26.8 Å². The molecule has 0 aliphatic rings. The van der Waals surface area contributed by atoms with Gasteiger partial charge in [-0.05, 0) is 35.0 Å². The Kier molecular flexibility index (Phi) is 3.67. The molecule has 4 heteroatoms. The van der Waals surface area contributed by atoms with Gasteiger partial charge in [-0.3, -0.25) is 0 Å². The van der Waals surface area contributed by atoms with Crippen LogP contribution in [0.1, 0.15) is 0 Å². The largest absolute Gasteiger partial charge is 0.497 e. The van der Waals surface area contributed by atoms with Crippen LogP contribution in [0, 0.1) is 0 Å². The Balaban J connectivity index is 2.22. The fraction of sp³-hybridized carbons (Fsp3) is 0.214. The average molecular weight is 246 g/mol. The smallest absolute Gasteiger partial charge is 0.343 e. The summed E-state index contributed by atoms with van der Waals surface area (Å²) < 4.78 is 15.0. The molecule has 2 rings (SSSR count). The molecule has 94 valence electrons. The van der Waals surface area contributed by atoms with E-state index in [-0.39, 0.29) is 6.61 Å². The first kappa shape index (κ1) is 12.2. The number of fused-ring (bicyclic) bond motifs is 1. The summed E-state index contributed by atoms with van der Waals surface area (Å²) in [7, 11) is 2.95. The summed E-state index contributed by atoms with van der Waals surface area (Å²) in [5.41, 5.74) is 0. The number of methoxy groups -OCH3 is 2. The lowest BCUT2D eigenvalue weighted by molar-refractivity contribution is -0.142. The zero-order chi connectivity index (χ0) is 13.0. The lowest BCUT2D eigenvalue weighted by atomic mass is 10.1. The van der Waals surface area contributed by atoms with E-state index >= 15 is 0 Å². The maximum Gasteiger partial charge on any atom is 0.343 e. The number of ether oxygens (including phenoxy) is 3. The Hall–Kier alpha value is -2.23. The Morgan fingerprint density at radius 3 is 2.33 bits per heavy atom. The molecule has 0 heterocycles. The molecule has 2 aromatic carbocycles. The number of benzene rings is 2. The van der Waals surface area contributed by atoms with Gasteiger partial charge in [0, 0.05) is 0 Å². The molecule has 0 spiro atoms. The maximum atomic E-state index is 11.0. The Labute approximate surface area is 105 Å². The van der Waals surface area contributed by atoms with Gasteiger partial charge in [0.25, 0.3) is 0 Å². The predicted octanol–water partition coefficient (Wildman–Crippen LogP) is 2.40. The quantitative estimate of drug-likeness (QED) is 0.777. The van der Waals surface area contributed by atoms with Crippen molar-refractivity contribution in [2.24, 2.45) is 0 Å². The second kappa shape index (κ2) is 5.40. The number of hydrogen-bond donors (Lipinski definition) is 0. The standard InChI is InChI=1S/C14H14O4/c1-16-12-5-3-10-4-6-13(8-11(10)7-12)18-9-14(15)17-2/h3-8H,9H2,1-2H3. The molecular formula is C14H14O4. The molecule has 18 heavy (non-hydrogen) atoms. The summed E-state index contributed by atoms with van der Waals surface area (Å²) in [6, 6.07) is 11.4. The SMILES string of the molecule is COC(=O)COc1ccc2ccc(OC)cc2c1. The van der Waals surface area contributed by atoms with E-state index in [4.69, 9.17) is 9.47 Å². The summed E-state index contributed by atoms with van der Waals surface area (Å²) in [5.74, 6) is 1.01. The molecule has 2 aromatic rings. The fourth-order valence-electron chi connectivity index (χ4n) is 1.62. The molecule has 0 unspecified atom stereocenters. The molecule has 0 atom stereocenters. The lowest BCUT2D eigenvalue weighted by Gasteiger charge is -2.07. The zero-order valence-electron chi connectivity index (χ0n) is 10.3. The minimum atomic E-state index is -0.402. The first-order chi connectivity index (χ1) is 8.72. The molecule has 0 radical (unpaired) electrons. The van der Waals surface area contributed by atoms with Crippen molar-refractivity contribution in [1.82, 2.24) is 0 Å². The molecule has 0 saturated carbocycles. The highest BCUT2D eigenvalue weighted by molar-refractivity contribution is 5.85. The van der Waals surface area contributed by atoms with E-state index in [0.717, 1.165) is 16.5 Å². The monoisotopic (exact) mass is 246 g/mol. The van der Waals surface area contributed by atoms with Crippen LogP contribution >= 0.6 is 0 Å². The maximum absolute atomic E-state index is 11.0. The third-order valence-corrected chi connectivity index (χ3v) is 2.60. The van der Waals surface area contributed by atoms with Crippen LogP contribution in [-0.2, 0) is 9.53 Å². The number of rotatable bonds is 4. The van der Waals surface area contributed by atoms with Crippen molar-refractivity contribution < 1.29 is 19.0 Å². The van der Waals surface area contributed by atoms with Gasteiger partial charge >= 0.3 is 5.97 Å². The molecule has 4 nitrogen and oxygen atoms in total. The minimum absolute atomic E-state index is 0.0913. The van der Waals surface area contributed by atoms with E-state index in [2.05, 4.69) is 4.74 Å². The summed E-state index contributed by atoms with van der Waals surface area (Å²) in [4.78, 5) is 11.0. The van der Waals surface area contributed by atoms with Crippen LogP contribution in [0.4, 0.5) is 0 Å². The Morgan fingerprint density at radius 2 is 1.67 bits per heavy atom. The Morgan fingerprint density at radius 1 is 1.00 bits per heavy atom. The van der Waals surface area contributed by atoms with Crippen molar-refractivity contribution in [2.45, 2.75) is 0 Å². The molecule has 0 amide bonds. The molecule has 0 aliphatic carbocycles. The van der Waals surface area contributed by atoms with E-state index < -0.39 is 5.97 Å². The average Bonchev–Trinajstić information content (AvgIpc) is 2.43. The zero-order valence-corrected chi connectivity index (χ0v) is 10.3. The van der Waals surface area contributed by atoms with Crippen LogP contribution < -0.4 is 9.47 Å². The van der Waals surface area contributed by atoms with E-state index in [1.807, 2.05) is 36.4 Å². The second-order valence-electron chi connectivity index (χ2n) is 3.74. The highest BCUT2D eigenvalue weighted by Gasteiger charge is 2.03. The van der Waals surface area contributed by atoms with Crippen LogP contribution in [0.2, 0.25) is 0 Å². The fourth-order valence-corrected chi connectivity index (χ4v) is 1.62. The summed E-state index contributed by atoms with van der Waals surface area (Å²) in [6.45, 7) is -0.0913. The number of carbonyl (C=O) groups is 1. The van der Waals surface area contributed by atoms with Gasteiger partial charge in [0.2, 0.25) is 0 Å². The molecule has 0 aliphatic heterocycles. The van der Waals surface area contributed by atoms with Crippen molar-refractivity contribution in [3.63, 3.8) is 0 Å². The number of esters is 1. The van der Waals surface area contributed by atoms with Crippen molar-refractivity contribution in [3.8, 4) is 11.5 Å². The van der Waals surface area contributed by atoms with Crippen LogP contribution in [0.15, 0.2) is 36.4 Å². The van der Waals surface area contributed by atoms with Crippen molar-refractivity contribution in [1.29, 1.82) is 0 Å². The van der Waals surface area contributed by atoms with Crippen LogP contribution in [0.3, 0.4) is 0 Å². The minimum Gasteiger partial charge on any atom is -0.497 e. The first-order valence-electron chi connectivity index (χ1n) is 5.50.